The minimum absolute atomic E-state index is 0.651. The Bertz CT molecular complexity index is 394. The molecule has 0 bridgehead atoms. The summed E-state index contributed by atoms with van der Waals surface area (Å²) in [6, 6.07) is 5.14. The number of halogens is 1. The number of hydrogen-bond acceptors (Lipinski definition) is 2. The molecule has 0 saturated carbocycles. The van der Waals surface area contributed by atoms with Gasteiger partial charge in [0.25, 0.3) is 0 Å². The Morgan fingerprint density at radius 2 is 2.17 bits per heavy atom. The maximum absolute atomic E-state index is 3.72. The molecule has 1 unspecified atom stereocenters. The first kappa shape index (κ1) is 13.9. The van der Waals surface area contributed by atoms with Gasteiger partial charge in [-0.25, -0.2) is 0 Å². The molecule has 1 N–H and O–H groups in total. The standard InChI is InChI=1S/C15H23BrN2/c1-4-6-17-13-5-7-18(10-13)15-12(3)8-11(2)9-14(15)16/h8-9,13,17H,4-7,10H2,1-3H3. The van der Waals surface area contributed by atoms with E-state index in [9.17, 15) is 0 Å². The third-order valence-electron chi connectivity index (χ3n) is 3.59. The van der Waals surface area contributed by atoms with Gasteiger partial charge in [-0.05, 0) is 66.4 Å². The predicted molar refractivity (Wildman–Crippen MR) is 82.5 cm³/mol. The SMILES string of the molecule is CCCNC1CCN(c2c(C)cc(C)cc2Br)C1. The zero-order chi connectivity index (χ0) is 13.1. The smallest absolute Gasteiger partial charge is 0.0541 e. The third-order valence-corrected chi connectivity index (χ3v) is 4.19. The highest BCUT2D eigenvalue weighted by Crippen LogP contribution is 2.33. The van der Waals surface area contributed by atoms with Gasteiger partial charge in [0.1, 0.15) is 0 Å². The van der Waals surface area contributed by atoms with Crippen molar-refractivity contribution in [2.24, 2.45) is 0 Å². The van der Waals surface area contributed by atoms with Gasteiger partial charge in [-0.2, -0.15) is 0 Å². The van der Waals surface area contributed by atoms with Crippen molar-refractivity contribution in [1.82, 2.24) is 5.32 Å². The molecular formula is C15H23BrN2. The molecule has 1 atom stereocenters. The van der Waals surface area contributed by atoms with Crippen LogP contribution in [-0.2, 0) is 0 Å². The summed E-state index contributed by atoms with van der Waals surface area (Å²) in [7, 11) is 0. The second kappa shape index (κ2) is 6.07. The molecule has 100 valence electrons. The fourth-order valence-electron chi connectivity index (χ4n) is 2.79. The summed E-state index contributed by atoms with van der Waals surface area (Å²) in [5.74, 6) is 0. The molecule has 1 heterocycles. The summed E-state index contributed by atoms with van der Waals surface area (Å²) in [6.07, 6.45) is 2.46. The van der Waals surface area contributed by atoms with Gasteiger partial charge >= 0.3 is 0 Å². The molecule has 3 heteroatoms. The number of nitrogens with zero attached hydrogens (tertiary/aromatic N) is 1. The Kier molecular flexibility index (Phi) is 4.68. The summed E-state index contributed by atoms with van der Waals surface area (Å²) in [4.78, 5) is 2.51. The summed E-state index contributed by atoms with van der Waals surface area (Å²) >= 11 is 3.72. The number of hydrogen-bond donors (Lipinski definition) is 1. The molecule has 1 aliphatic rings. The molecular weight excluding hydrogens is 288 g/mol. The van der Waals surface area contributed by atoms with E-state index in [0.29, 0.717) is 6.04 Å². The summed E-state index contributed by atoms with van der Waals surface area (Å²) < 4.78 is 1.23. The van der Waals surface area contributed by atoms with Crippen LogP contribution in [0.2, 0.25) is 0 Å². The van der Waals surface area contributed by atoms with Gasteiger partial charge in [0.05, 0.1) is 5.69 Å². The van der Waals surface area contributed by atoms with Crippen molar-refractivity contribution >= 4 is 21.6 Å². The molecule has 1 aliphatic heterocycles. The number of rotatable bonds is 4. The highest BCUT2D eigenvalue weighted by Gasteiger charge is 2.24. The molecule has 2 rings (SSSR count). The molecule has 1 aromatic carbocycles. The fraction of sp³-hybridized carbons (Fsp3) is 0.600. The third kappa shape index (κ3) is 3.07. The van der Waals surface area contributed by atoms with E-state index in [1.54, 1.807) is 0 Å². The predicted octanol–water partition coefficient (Wildman–Crippen LogP) is 3.64. The van der Waals surface area contributed by atoms with Crippen LogP contribution in [0.3, 0.4) is 0 Å². The van der Waals surface area contributed by atoms with Crippen molar-refractivity contribution in [2.75, 3.05) is 24.5 Å². The van der Waals surface area contributed by atoms with Crippen LogP contribution < -0.4 is 10.2 Å². The van der Waals surface area contributed by atoms with Gasteiger partial charge in [0.15, 0.2) is 0 Å². The molecule has 0 amide bonds. The molecule has 2 nitrogen and oxygen atoms in total. The zero-order valence-corrected chi connectivity index (χ0v) is 13.2. The largest absolute Gasteiger partial charge is 0.369 e. The maximum atomic E-state index is 3.72. The van der Waals surface area contributed by atoms with Crippen LogP contribution >= 0.6 is 15.9 Å². The average Bonchev–Trinajstić information content (AvgIpc) is 2.73. The van der Waals surface area contributed by atoms with Crippen LogP contribution in [-0.4, -0.2) is 25.7 Å². The average molecular weight is 311 g/mol. The van der Waals surface area contributed by atoms with Gasteiger partial charge in [0, 0.05) is 23.6 Å². The van der Waals surface area contributed by atoms with E-state index in [1.807, 2.05) is 0 Å². The van der Waals surface area contributed by atoms with Gasteiger partial charge in [-0.15, -0.1) is 0 Å². The number of aryl methyl sites for hydroxylation is 2. The van der Waals surface area contributed by atoms with E-state index >= 15 is 0 Å². The van der Waals surface area contributed by atoms with E-state index in [1.165, 1.54) is 34.1 Å². The normalized spacial score (nSPS) is 19.6. The van der Waals surface area contributed by atoms with E-state index in [0.717, 1.165) is 19.6 Å². The van der Waals surface area contributed by atoms with Crippen LogP contribution in [0, 0.1) is 13.8 Å². The topological polar surface area (TPSA) is 15.3 Å². The van der Waals surface area contributed by atoms with Crippen molar-refractivity contribution in [3.63, 3.8) is 0 Å². The van der Waals surface area contributed by atoms with E-state index in [4.69, 9.17) is 0 Å². The van der Waals surface area contributed by atoms with E-state index < -0.39 is 0 Å². The van der Waals surface area contributed by atoms with Crippen molar-refractivity contribution in [1.29, 1.82) is 0 Å². The summed E-state index contributed by atoms with van der Waals surface area (Å²) in [5, 5.41) is 3.62. The van der Waals surface area contributed by atoms with Gasteiger partial charge in [0.2, 0.25) is 0 Å². The number of benzene rings is 1. The van der Waals surface area contributed by atoms with Crippen LogP contribution in [0.5, 0.6) is 0 Å². The maximum Gasteiger partial charge on any atom is 0.0541 e. The summed E-state index contributed by atoms with van der Waals surface area (Å²) in [6.45, 7) is 10.00. The molecule has 0 aliphatic carbocycles. The summed E-state index contributed by atoms with van der Waals surface area (Å²) in [5.41, 5.74) is 4.07. The van der Waals surface area contributed by atoms with Gasteiger partial charge in [-0.3, -0.25) is 0 Å². The van der Waals surface area contributed by atoms with Crippen LogP contribution in [0.25, 0.3) is 0 Å². The molecule has 0 radical (unpaired) electrons. The Morgan fingerprint density at radius 3 is 2.83 bits per heavy atom. The Morgan fingerprint density at radius 1 is 1.39 bits per heavy atom. The lowest BCUT2D eigenvalue weighted by Crippen LogP contribution is -2.33. The van der Waals surface area contributed by atoms with Crippen molar-refractivity contribution in [2.45, 2.75) is 39.7 Å². The first-order valence-corrected chi connectivity index (χ1v) is 7.66. The number of nitrogens with one attached hydrogen (secondary N) is 1. The minimum Gasteiger partial charge on any atom is -0.369 e. The Balaban J connectivity index is 2.09. The van der Waals surface area contributed by atoms with Crippen molar-refractivity contribution in [3.05, 3.63) is 27.7 Å². The van der Waals surface area contributed by atoms with Crippen molar-refractivity contribution < 1.29 is 0 Å². The zero-order valence-electron chi connectivity index (χ0n) is 11.6. The highest BCUT2D eigenvalue weighted by molar-refractivity contribution is 9.10. The van der Waals surface area contributed by atoms with Gasteiger partial charge in [-0.1, -0.05) is 13.0 Å². The molecule has 0 aromatic heterocycles. The fourth-order valence-corrected chi connectivity index (χ4v) is 3.71. The first-order chi connectivity index (χ1) is 8.61. The van der Waals surface area contributed by atoms with Crippen molar-refractivity contribution in [3.8, 4) is 0 Å². The second-order valence-electron chi connectivity index (χ2n) is 5.30. The van der Waals surface area contributed by atoms with E-state index in [2.05, 4.69) is 59.1 Å². The number of anilines is 1. The lowest BCUT2D eigenvalue weighted by atomic mass is 10.1. The lowest BCUT2D eigenvalue weighted by Gasteiger charge is -2.23. The van der Waals surface area contributed by atoms with Gasteiger partial charge < -0.3 is 10.2 Å². The van der Waals surface area contributed by atoms with E-state index in [-0.39, 0.29) is 0 Å². The Labute approximate surface area is 119 Å². The molecule has 1 fully saturated rings. The first-order valence-electron chi connectivity index (χ1n) is 6.87. The van der Waals surface area contributed by atoms with Crippen LogP contribution in [0.15, 0.2) is 16.6 Å². The molecule has 18 heavy (non-hydrogen) atoms. The minimum atomic E-state index is 0.651. The molecule has 1 saturated heterocycles. The Hall–Kier alpha value is -0.540. The molecule has 0 spiro atoms. The van der Waals surface area contributed by atoms with Crippen LogP contribution in [0.4, 0.5) is 5.69 Å². The van der Waals surface area contributed by atoms with Crippen LogP contribution in [0.1, 0.15) is 30.9 Å². The molecule has 1 aromatic rings. The highest BCUT2D eigenvalue weighted by atomic mass is 79.9. The monoisotopic (exact) mass is 310 g/mol. The lowest BCUT2D eigenvalue weighted by molar-refractivity contribution is 0.549. The quantitative estimate of drug-likeness (QED) is 0.913. The second-order valence-corrected chi connectivity index (χ2v) is 6.15.